The van der Waals surface area contributed by atoms with Gasteiger partial charge >= 0.3 is 5.97 Å². The maximum atomic E-state index is 13.1. The number of fused-ring (bicyclic) bond motifs is 1. The van der Waals surface area contributed by atoms with Gasteiger partial charge in [-0.2, -0.15) is 0 Å². The summed E-state index contributed by atoms with van der Waals surface area (Å²) in [7, 11) is 1.28. The number of phenolic OH excluding ortho intramolecular Hbond substituents is 1. The molecule has 0 spiro atoms. The first-order valence-electron chi connectivity index (χ1n) is 9.28. The Hall–Kier alpha value is -2.33. The Bertz CT molecular complexity index is 973. The first-order valence-corrected chi connectivity index (χ1v) is 9.66. The lowest BCUT2D eigenvalue weighted by molar-refractivity contribution is 0.0600. The summed E-state index contributed by atoms with van der Waals surface area (Å²) in [5.74, 6) is -0.954. The largest absolute Gasteiger partial charge is 0.507 e. The second kappa shape index (κ2) is 6.93. The van der Waals surface area contributed by atoms with Crippen LogP contribution in [0.4, 0.5) is 0 Å². The Morgan fingerprint density at radius 2 is 1.54 bits per heavy atom. The number of halogens is 1. The number of rotatable bonds is 3. The van der Waals surface area contributed by atoms with Crippen LogP contribution in [0, 0.1) is 0 Å². The first kappa shape index (κ1) is 20.4. The number of aromatic hydroxyl groups is 1. The van der Waals surface area contributed by atoms with E-state index in [2.05, 4.69) is 32.4 Å². The van der Waals surface area contributed by atoms with Crippen molar-refractivity contribution in [3.05, 3.63) is 63.2 Å². The van der Waals surface area contributed by atoms with E-state index >= 15 is 0 Å². The SMILES string of the molecule is COC(=O)c1ccc(C(=O)c2cc3c(cc2O)C(C)(C)CCC3(C)C)c(Cl)c1. The molecule has 5 heteroatoms. The molecule has 148 valence electrons. The van der Waals surface area contributed by atoms with E-state index in [1.807, 2.05) is 0 Å². The molecule has 0 radical (unpaired) electrons. The van der Waals surface area contributed by atoms with Crippen LogP contribution in [0.15, 0.2) is 30.3 Å². The second-order valence-electron chi connectivity index (χ2n) is 8.70. The van der Waals surface area contributed by atoms with Crippen LogP contribution < -0.4 is 0 Å². The normalized spacial score (nSPS) is 16.9. The van der Waals surface area contributed by atoms with Gasteiger partial charge in [0, 0.05) is 5.56 Å². The molecular formula is C23H25ClO4. The molecule has 3 rings (SSSR count). The number of benzene rings is 2. The number of esters is 1. The fraction of sp³-hybridized carbons (Fsp3) is 0.391. The quantitative estimate of drug-likeness (QED) is 0.552. The van der Waals surface area contributed by atoms with Crippen LogP contribution >= 0.6 is 11.6 Å². The number of ether oxygens (including phenoxy) is 1. The van der Waals surface area contributed by atoms with Crippen molar-refractivity contribution in [3.8, 4) is 5.75 Å². The van der Waals surface area contributed by atoms with Gasteiger partial charge in [0.2, 0.25) is 0 Å². The highest BCUT2D eigenvalue weighted by Crippen LogP contribution is 2.47. The van der Waals surface area contributed by atoms with Gasteiger partial charge in [0.05, 0.1) is 23.3 Å². The van der Waals surface area contributed by atoms with E-state index < -0.39 is 5.97 Å². The summed E-state index contributed by atoms with van der Waals surface area (Å²) in [5, 5.41) is 10.8. The molecule has 0 aliphatic heterocycles. The smallest absolute Gasteiger partial charge is 0.337 e. The van der Waals surface area contributed by atoms with Gasteiger partial charge in [-0.15, -0.1) is 0 Å². The lowest BCUT2D eigenvalue weighted by atomic mass is 9.62. The van der Waals surface area contributed by atoms with Crippen molar-refractivity contribution < 1.29 is 19.4 Å². The Morgan fingerprint density at radius 1 is 0.964 bits per heavy atom. The van der Waals surface area contributed by atoms with E-state index in [1.54, 1.807) is 12.1 Å². The molecular weight excluding hydrogens is 376 g/mol. The predicted molar refractivity (Wildman–Crippen MR) is 110 cm³/mol. The highest BCUT2D eigenvalue weighted by molar-refractivity contribution is 6.35. The number of hydrogen-bond donors (Lipinski definition) is 1. The van der Waals surface area contributed by atoms with Crippen molar-refractivity contribution in [3.63, 3.8) is 0 Å². The molecule has 1 N–H and O–H groups in total. The molecule has 0 saturated heterocycles. The molecule has 2 aromatic rings. The maximum Gasteiger partial charge on any atom is 0.337 e. The average molecular weight is 401 g/mol. The Kier molecular flexibility index (Phi) is 5.05. The molecule has 4 nitrogen and oxygen atoms in total. The van der Waals surface area contributed by atoms with Crippen molar-refractivity contribution in [1.82, 2.24) is 0 Å². The number of phenols is 1. The summed E-state index contributed by atoms with van der Waals surface area (Å²) in [5.41, 5.74) is 2.71. The highest BCUT2D eigenvalue weighted by atomic mass is 35.5. The molecule has 0 heterocycles. The van der Waals surface area contributed by atoms with Crippen LogP contribution in [0.2, 0.25) is 5.02 Å². The van der Waals surface area contributed by atoms with Crippen molar-refractivity contribution in [2.24, 2.45) is 0 Å². The van der Waals surface area contributed by atoms with Gasteiger partial charge in [-0.3, -0.25) is 4.79 Å². The minimum Gasteiger partial charge on any atom is -0.507 e. The van der Waals surface area contributed by atoms with Crippen LogP contribution in [0.1, 0.15) is 77.9 Å². The van der Waals surface area contributed by atoms with E-state index in [-0.39, 0.29) is 44.1 Å². The van der Waals surface area contributed by atoms with E-state index in [1.165, 1.54) is 25.3 Å². The summed E-state index contributed by atoms with van der Waals surface area (Å²) in [4.78, 5) is 24.8. The third-order valence-corrected chi connectivity index (χ3v) is 6.16. The Balaban J connectivity index is 2.10. The molecule has 0 atom stereocenters. The maximum absolute atomic E-state index is 13.1. The highest BCUT2D eigenvalue weighted by Gasteiger charge is 2.38. The number of carbonyl (C=O) groups is 2. The van der Waals surface area contributed by atoms with Crippen LogP contribution in [0.3, 0.4) is 0 Å². The molecule has 0 saturated carbocycles. The van der Waals surface area contributed by atoms with E-state index in [0.717, 1.165) is 24.0 Å². The van der Waals surface area contributed by atoms with Gasteiger partial charge in [-0.25, -0.2) is 4.79 Å². The van der Waals surface area contributed by atoms with Crippen LogP contribution in [0.25, 0.3) is 0 Å². The topological polar surface area (TPSA) is 63.6 Å². The van der Waals surface area contributed by atoms with Crippen LogP contribution in [0.5, 0.6) is 5.75 Å². The Morgan fingerprint density at radius 3 is 2.07 bits per heavy atom. The molecule has 2 aromatic carbocycles. The van der Waals surface area contributed by atoms with Gasteiger partial charge in [-0.05, 0) is 65.1 Å². The van der Waals surface area contributed by atoms with E-state index in [4.69, 9.17) is 11.6 Å². The summed E-state index contributed by atoms with van der Waals surface area (Å²) in [6.45, 7) is 8.63. The minimum absolute atomic E-state index is 0.0531. The zero-order valence-electron chi connectivity index (χ0n) is 16.9. The van der Waals surface area contributed by atoms with E-state index in [9.17, 15) is 14.7 Å². The second-order valence-corrected chi connectivity index (χ2v) is 9.11. The first-order chi connectivity index (χ1) is 13.0. The summed E-state index contributed by atoms with van der Waals surface area (Å²) in [6.07, 6.45) is 2.01. The van der Waals surface area contributed by atoms with Crippen molar-refractivity contribution in [1.29, 1.82) is 0 Å². The van der Waals surface area contributed by atoms with Gasteiger partial charge in [-0.1, -0.05) is 39.3 Å². The lowest BCUT2D eigenvalue weighted by Crippen LogP contribution is -2.34. The summed E-state index contributed by atoms with van der Waals surface area (Å²) in [6, 6.07) is 7.92. The third kappa shape index (κ3) is 3.42. The summed E-state index contributed by atoms with van der Waals surface area (Å²) >= 11 is 6.26. The van der Waals surface area contributed by atoms with Crippen LogP contribution in [-0.2, 0) is 15.6 Å². The zero-order chi connectivity index (χ0) is 20.9. The number of carbonyl (C=O) groups excluding carboxylic acids is 2. The molecule has 0 fully saturated rings. The third-order valence-electron chi connectivity index (χ3n) is 5.85. The zero-order valence-corrected chi connectivity index (χ0v) is 17.6. The fourth-order valence-corrected chi connectivity index (χ4v) is 4.14. The predicted octanol–water partition coefficient (Wildman–Crippen LogP) is 5.41. The molecule has 0 bridgehead atoms. The number of ketones is 1. The van der Waals surface area contributed by atoms with E-state index in [0.29, 0.717) is 0 Å². The molecule has 1 aliphatic rings. The molecule has 28 heavy (non-hydrogen) atoms. The van der Waals surface area contributed by atoms with Crippen molar-refractivity contribution >= 4 is 23.4 Å². The average Bonchev–Trinajstić information content (AvgIpc) is 2.64. The van der Waals surface area contributed by atoms with Gasteiger partial charge in [0.1, 0.15) is 5.75 Å². The molecule has 1 aliphatic carbocycles. The minimum atomic E-state index is -0.526. The fourth-order valence-electron chi connectivity index (χ4n) is 3.87. The van der Waals surface area contributed by atoms with Gasteiger partial charge in [0.25, 0.3) is 0 Å². The van der Waals surface area contributed by atoms with Gasteiger partial charge in [0.15, 0.2) is 5.78 Å². The molecule has 0 amide bonds. The van der Waals surface area contributed by atoms with Crippen molar-refractivity contribution in [2.75, 3.05) is 7.11 Å². The monoisotopic (exact) mass is 400 g/mol. The van der Waals surface area contributed by atoms with Crippen molar-refractivity contribution in [2.45, 2.75) is 51.4 Å². The molecule has 0 unspecified atom stereocenters. The molecule has 0 aromatic heterocycles. The standard InChI is InChI=1S/C23H25ClO4/c1-22(2)8-9-23(3,4)17-12-19(25)15(11-16(17)22)20(26)14-7-6-13(10-18(14)24)21(27)28-5/h6-7,10-12,25H,8-9H2,1-5H3. The van der Waals surface area contributed by atoms with Gasteiger partial charge < -0.3 is 9.84 Å². The summed E-state index contributed by atoms with van der Waals surface area (Å²) < 4.78 is 4.68. The Labute approximate surface area is 170 Å². The van der Waals surface area contributed by atoms with Crippen LogP contribution in [-0.4, -0.2) is 24.0 Å². The number of hydrogen-bond acceptors (Lipinski definition) is 4. The number of methoxy groups -OCH3 is 1. The lowest BCUT2D eigenvalue weighted by Gasteiger charge is -2.42.